The molecule has 0 atom stereocenters. The summed E-state index contributed by atoms with van der Waals surface area (Å²) in [5.41, 5.74) is 0.920. The van der Waals surface area contributed by atoms with Gasteiger partial charge >= 0.3 is 0 Å². The van der Waals surface area contributed by atoms with Crippen molar-refractivity contribution in [3.63, 3.8) is 0 Å². The van der Waals surface area contributed by atoms with Crippen molar-refractivity contribution in [2.45, 2.75) is 25.7 Å². The van der Waals surface area contributed by atoms with Gasteiger partial charge in [-0.1, -0.05) is 18.0 Å². The summed E-state index contributed by atoms with van der Waals surface area (Å²) in [4.78, 5) is 21.2. The molecule has 1 aromatic heterocycles. The van der Waals surface area contributed by atoms with Crippen LogP contribution in [0.25, 0.3) is 0 Å². The van der Waals surface area contributed by atoms with E-state index in [4.69, 9.17) is 11.6 Å². The average Bonchev–Trinajstić information content (AvgIpc) is 3.00. The molecule has 2 aliphatic heterocycles. The van der Waals surface area contributed by atoms with Crippen LogP contribution in [-0.2, 0) is 9.84 Å². The van der Waals surface area contributed by atoms with Gasteiger partial charge in [0, 0.05) is 26.2 Å². The second-order valence-corrected chi connectivity index (χ2v) is 10.2. The van der Waals surface area contributed by atoms with Gasteiger partial charge in [0.1, 0.15) is 11.0 Å². The van der Waals surface area contributed by atoms with Crippen molar-refractivity contribution in [3.05, 3.63) is 22.8 Å². The third-order valence-corrected chi connectivity index (χ3v) is 7.67. The maximum absolute atomic E-state index is 13.0. The van der Waals surface area contributed by atoms with Crippen LogP contribution in [-0.4, -0.2) is 61.9 Å². The molecule has 1 aromatic rings. The van der Waals surface area contributed by atoms with Gasteiger partial charge in [-0.25, -0.2) is 13.4 Å². The van der Waals surface area contributed by atoms with Crippen LogP contribution in [0, 0.1) is 5.41 Å². The van der Waals surface area contributed by atoms with Crippen LogP contribution in [0.1, 0.15) is 36.0 Å². The Morgan fingerprint density at radius 1 is 1.12 bits per heavy atom. The molecule has 0 radical (unpaired) electrons. The lowest BCUT2D eigenvalue weighted by molar-refractivity contribution is 0.0770. The zero-order valence-electron chi connectivity index (χ0n) is 14.1. The molecule has 1 saturated carbocycles. The first-order valence-electron chi connectivity index (χ1n) is 8.79. The van der Waals surface area contributed by atoms with E-state index in [1.54, 1.807) is 17.0 Å². The highest BCUT2D eigenvalue weighted by atomic mass is 35.5. The number of amides is 1. The predicted molar refractivity (Wildman–Crippen MR) is 96.9 cm³/mol. The molecule has 0 bridgehead atoms. The number of rotatable bonds is 2. The van der Waals surface area contributed by atoms with E-state index in [1.165, 1.54) is 19.3 Å². The standard InChI is InChI=1S/C17H22ClN3O3S/c18-14-3-2-13(16(22)20-8-10-25(23,24)11-9-20)15(19-14)21-7-6-17(12-21)4-1-5-17/h2-3H,1,4-12H2. The molecule has 2 saturated heterocycles. The Labute approximate surface area is 153 Å². The maximum atomic E-state index is 13.0. The van der Waals surface area contributed by atoms with Gasteiger partial charge in [0.25, 0.3) is 5.91 Å². The summed E-state index contributed by atoms with van der Waals surface area (Å²) in [7, 11) is -3.02. The molecule has 0 unspecified atom stereocenters. The van der Waals surface area contributed by atoms with Crippen molar-refractivity contribution in [2.24, 2.45) is 5.41 Å². The molecule has 0 N–H and O–H groups in total. The second kappa shape index (κ2) is 6.13. The number of carbonyl (C=O) groups excluding carboxylic acids is 1. The molecule has 0 aromatic carbocycles. The summed E-state index contributed by atoms with van der Waals surface area (Å²) < 4.78 is 23.2. The Hall–Kier alpha value is -1.34. The van der Waals surface area contributed by atoms with Crippen molar-refractivity contribution in [2.75, 3.05) is 42.6 Å². The number of hydrogen-bond donors (Lipinski definition) is 0. The third-order valence-electron chi connectivity index (χ3n) is 5.86. The summed E-state index contributed by atoms with van der Waals surface area (Å²) >= 11 is 6.10. The molecular weight excluding hydrogens is 362 g/mol. The summed E-state index contributed by atoms with van der Waals surface area (Å²) in [6.45, 7) is 2.30. The molecule has 8 heteroatoms. The van der Waals surface area contributed by atoms with E-state index >= 15 is 0 Å². The zero-order chi connectivity index (χ0) is 17.7. The molecule has 3 aliphatic rings. The van der Waals surface area contributed by atoms with Gasteiger partial charge in [0.05, 0.1) is 17.1 Å². The lowest BCUT2D eigenvalue weighted by Crippen LogP contribution is -2.44. The molecule has 1 amide bonds. The van der Waals surface area contributed by atoms with E-state index in [1.807, 2.05) is 0 Å². The lowest BCUT2D eigenvalue weighted by Gasteiger charge is -2.38. The average molecular weight is 384 g/mol. The second-order valence-electron chi connectivity index (χ2n) is 7.47. The molecule has 1 spiro atoms. The van der Waals surface area contributed by atoms with Crippen LogP contribution >= 0.6 is 11.6 Å². The minimum absolute atomic E-state index is 0.0297. The fraction of sp³-hybridized carbons (Fsp3) is 0.647. The van der Waals surface area contributed by atoms with E-state index < -0.39 is 9.84 Å². The molecule has 4 rings (SSSR count). The van der Waals surface area contributed by atoms with Crippen LogP contribution < -0.4 is 4.90 Å². The van der Waals surface area contributed by atoms with E-state index in [-0.39, 0.29) is 30.5 Å². The first-order valence-corrected chi connectivity index (χ1v) is 11.0. The number of carbonyl (C=O) groups is 1. The number of sulfone groups is 1. The highest BCUT2D eigenvalue weighted by Gasteiger charge is 2.44. The van der Waals surface area contributed by atoms with Crippen molar-refractivity contribution >= 4 is 33.2 Å². The number of pyridine rings is 1. The molecular formula is C17H22ClN3O3S. The van der Waals surface area contributed by atoms with Crippen LogP contribution in [0.4, 0.5) is 5.82 Å². The molecule has 3 heterocycles. The Kier molecular flexibility index (Phi) is 4.19. The van der Waals surface area contributed by atoms with E-state index in [0.29, 0.717) is 21.9 Å². The Morgan fingerprint density at radius 2 is 1.84 bits per heavy atom. The smallest absolute Gasteiger partial charge is 0.257 e. The fourth-order valence-corrected chi connectivity index (χ4v) is 5.46. The van der Waals surface area contributed by atoms with E-state index in [0.717, 1.165) is 19.5 Å². The quantitative estimate of drug-likeness (QED) is 0.730. The Bertz CT molecular complexity index is 793. The number of hydrogen-bond acceptors (Lipinski definition) is 5. The summed E-state index contributed by atoms with van der Waals surface area (Å²) in [6.07, 6.45) is 4.91. The molecule has 6 nitrogen and oxygen atoms in total. The van der Waals surface area contributed by atoms with Gasteiger partial charge in [-0.05, 0) is 36.8 Å². The van der Waals surface area contributed by atoms with Crippen molar-refractivity contribution < 1.29 is 13.2 Å². The normalized spacial score (nSPS) is 24.4. The number of anilines is 1. The van der Waals surface area contributed by atoms with Gasteiger partial charge in [0.2, 0.25) is 0 Å². The fourth-order valence-electron chi connectivity index (χ4n) is 4.12. The van der Waals surface area contributed by atoms with Crippen molar-refractivity contribution in [1.82, 2.24) is 9.88 Å². The molecule has 25 heavy (non-hydrogen) atoms. The molecule has 136 valence electrons. The number of aromatic nitrogens is 1. The Morgan fingerprint density at radius 3 is 2.44 bits per heavy atom. The highest BCUT2D eigenvalue weighted by Crippen LogP contribution is 2.49. The monoisotopic (exact) mass is 383 g/mol. The van der Waals surface area contributed by atoms with Crippen LogP contribution in [0.3, 0.4) is 0 Å². The van der Waals surface area contributed by atoms with Crippen LogP contribution in [0.2, 0.25) is 5.15 Å². The molecule has 1 aliphatic carbocycles. The Balaban J connectivity index is 1.58. The number of nitrogens with zero attached hydrogens (tertiary/aromatic N) is 3. The first-order chi connectivity index (χ1) is 11.9. The predicted octanol–water partition coefficient (Wildman–Crippen LogP) is 1.99. The highest BCUT2D eigenvalue weighted by molar-refractivity contribution is 7.91. The topological polar surface area (TPSA) is 70.6 Å². The summed E-state index contributed by atoms with van der Waals surface area (Å²) in [6, 6.07) is 3.36. The van der Waals surface area contributed by atoms with Gasteiger partial charge in [-0.2, -0.15) is 0 Å². The van der Waals surface area contributed by atoms with Gasteiger partial charge in [-0.3, -0.25) is 4.79 Å². The van der Waals surface area contributed by atoms with Gasteiger partial charge in [0.15, 0.2) is 9.84 Å². The summed E-state index contributed by atoms with van der Waals surface area (Å²) in [5, 5.41) is 0.377. The van der Waals surface area contributed by atoms with E-state index in [9.17, 15) is 13.2 Å². The third kappa shape index (κ3) is 3.24. The van der Waals surface area contributed by atoms with Gasteiger partial charge in [-0.15, -0.1) is 0 Å². The summed E-state index contributed by atoms with van der Waals surface area (Å²) in [5.74, 6) is 0.558. The first kappa shape index (κ1) is 17.1. The van der Waals surface area contributed by atoms with Crippen LogP contribution in [0.5, 0.6) is 0 Å². The minimum atomic E-state index is -3.02. The van der Waals surface area contributed by atoms with Crippen molar-refractivity contribution in [1.29, 1.82) is 0 Å². The van der Waals surface area contributed by atoms with E-state index in [2.05, 4.69) is 9.88 Å². The SMILES string of the molecule is O=C(c1ccc(Cl)nc1N1CCC2(CCC2)C1)N1CCS(=O)(=O)CC1. The van der Waals surface area contributed by atoms with Crippen molar-refractivity contribution in [3.8, 4) is 0 Å². The van der Waals surface area contributed by atoms with Gasteiger partial charge < -0.3 is 9.80 Å². The molecule has 3 fully saturated rings. The number of halogens is 1. The van der Waals surface area contributed by atoms with Crippen LogP contribution in [0.15, 0.2) is 12.1 Å². The lowest BCUT2D eigenvalue weighted by atomic mass is 9.68. The largest absolute Gasteiger partial charge is 0.355 e. The maximum Gasteiger partial charge on any atom is 0.257 e. The zero-order valence-corrected chi connectivity index (χ0v) is 15.7. The minimum Gasteiger partial charge on any atom is -0.355 e.